The van der Waals surface area contributed by atoms with Crippen LogP contribution in [-0.4, -0.2) is 117 Å². The zero-order valence-electron chi connectivity index (χ0n) is 30.6. The third-order valence-electron chi connectivity index (χ3n) is 13.1. The van der Waals surface area contributed by atoms with Crippen LogP contribution in [0.4, 0.5) is 18.9 Å². The average molecular weight is 769 g/mol. The van der Waals surface area contributed by atoms with Gasteiger partial charge in [-0.05, 0) is 61.6 Å². The molecule has 1 saturated carbocycles. The SMILES string of the molecule is C[C@@]12Cc3[nH]nc(-c4cc5cc(F)c(C(=O)N6CCN(C[C@H]7CCN(c8ccc9c(c8)C(=O)N(C8CCC(=O)NC8=O)C9=O)C7)CC6)cc5[nH]4)c3C(C1)C2(F)F. The molecule has 3 aliphatic carbocycles. The van der Waals surface area contributed by atoms with Crippen molar-refractivity contribution in [1.29, 1.82) is 0 Å². The molecule has 7 aliphatic rings. The summed E-state index contributed by atoms with van der Waals surface area (Å²) in [6.45, 7) is 6.03. The van der Waals surface area contributed by atoms with Gasteiger partial charge in [0.05, 0.1) is 28.3 Å². The largest absolute Gasteiger partial charge is 0.371 e. The van der Waals surface area contributed by atoms with Crippen LogP contribution in [0.2, 0.25) is 0 Å². The van der Waals surface area contributed by atoms with Crippen LogP contribution in [-0.2, 0) is 16.0 Å². The van der Waals surface area contributed by atoms with Gasteiger partial charge >= 0.3 is 0 Å². The molecular formula is C40H39F3N8O5. The highest BCUT2D eigenvalue weighted by molar-refractivity contribution is 6.23. The van der Waals surface area contributed by atoms with Gasteiger partial charge in [0.2, 0.25) is 11.8 Å². The summed E-state index contributed by atoms with van der Waals surface area (Å²) in [5, 5.41) is 10.1. The Bertz CT molecular complexity index is 2400. The number of hydrogen-bond acceptors (Lipinski definition) is 8. The molecule has 4 aliphatic heterocycles. The molecule has 0 spiro atoms. The molecule has 2 aromatic carbocycles. The minimum absolute atomic E-state index is 0.0501. The van der Waals surface area contributed by atoms with Crippen LogP contribution in [0.5, 0.6) is 0 Å². The number of aromatic amines is 2. The van der Waals surface area contributed by atoms with Gasteiger partial charge < -0.3 is 14.8 Å². The monoisotopic (exact) mass is 768 g/mol. The fraction of sp³-hybridized carbons (Fsp3) is 0.450. The molecule has 6 heterocycles. The van der Waals surface area contributed by atoms with Crippen molar-refractivity contribution in [3.8, 4) is 11.4 Å². The van der Waals surface area contributed by atoms with Crippen LogP contribution in [0, 0.1) is 17.2 Å². The second-order valence-electron chi connectivity index (χ2n) is 16.6. The first-order valence-electron chi connectivity index (χ1n) is 19.2. The van der Waals surface area contributed by atoms with Crippen molar-refractivity contribution in [2.45, 2.75) is 56.9 Å². The number of anilines is 1. The summed E-state index contributed by atoms with van der Waals surface area (Å²) < 4.78 is 45.5. The molecule has 16 heteroatoms. The first kappa shape index (κ1) is 34.9. The van der Waals surface area contributed by atoms with Crippen LogP contribution in [0.1, 0.15) is 80.9 Å². The number of alkyl halides is 2. The van der Waals surface area contributed by atoms with E-state index >= 15 is 13.2 Å². The lowest BCUT2D eigenvalue weighted by Crippen LogP contribution is -2.59. The number of aromatic nitrogens is 3. The lowest BCUT2D eigenvalue weighted by atomic mass is 9.51. The Kier molecular flexibility index (Phi) is 7.64. The van der Waals surface area contributed by atoms with Crippen LogP contribution >= 0.6 is 0 Å². The van der Waals surface area contributed by atoms with Gasteiger partial charge in [-0.15, -0.1) is 0 Å². The molecular weight excluding hydrogens is 729 g/mol. The maximum absolute atomic E-state index is 15.5. The third kappa shape index (κ3) is 5.17. The van der Waals surface area contributed by atoms with Crippen LogP contribution < -0.4 is 10.2 Å². The summed E-state index contributed by atoms with van der Waals surface area (Å²) >= 11 is 0. The molecule has 4 aromatic rings. The highest BCUT2D eigenvalue weighted by atomic mass is 19.3. The van der Waals surface area contributed by atoms with Crippen molar-refractivity contribution in [1.82, 2.24) is 35.2 Å². The van der Waals surface area contributed by atoms with Crippen molar-refractivity contribution in [2.75, 3.05) is 50.7 Å². The Morgan fingerprint density at radius 1 is 0.964 bits per heavy atom. The fourth-order valence-electron chi connectivity index (χ4n) is 9.96. The zero-order chi connectivity index (χ0) is 38.8. The number of H-pyrrole nitrogens is 2. The summed E-state index contributed by atoms with van der Waals surface area (Å²) in [4.78, 5) is 74.4. The lowest BCUT2D eigenvalue weighted by molar-refractivity contribution is -0.220. The van der Waals surface area contributed by atoms with Gasteiger partial charge in [0.15, 0.2) is 0 Å². The van der Waals surface area contributed by atoms with E-state index in [1.807, 2.05) is 6.07 Å². The molecule has 0 radical (unpaired) electrons. The number of carbonyl (C=O) groups excluding carboxylic acids is 5. The Labute approximate surface area is 318 Å². The summed E-state index contributed by atoms with van der Waals surface area (Å²) in [6, 6.07) is 8.66. The number of imide groups is 2. The topological polar surface area (TPSA) is 155 Å². The Balaban J connectivity index is 0.762. The molecule has 2 bridgehead atoms. The predicted octanol–water partition coefficient (Wildman–Crippen LogP) is 4.07. The van der Waals surface area contributed by atoms with E-state index in [4.69, 9.17) is 0 Å². The number of amides is 5. The minimum Gasteiger partial charge on any atom is -0.371 e. The smallest absolute Gasteiger partial charge is 0.262 e. The zero-order valence-corrected chi connectivity index (χ0v) is 30.6. The predicted molar refractivity (Wildman–Crippen MR) is 196 cm³/mol. The molecule has 2 aromatic heterocycles. The number of halogens is 3. The van der Waals surface area contributed by atoms with Crippen molar-refractivity contribution in [3.05, 3.63) is 70.2 Å². The molecule has 5 amide bonds. The number of hydrogen-bond donors (Lipinski definition) is 3. The highest BCUT2D eigenvalue weighted by Gasteiger charge is 2.70. The first-order valence-corrected chi connectivity index (χ1v) is 19.2. The summed E-state index contributed by atoms with van der Waals surface area (Å²) in [7, 11) is 0. The summed E-state index contributed by atoms with van der Waals surface area (Å²) in [5.74, 6) is -6.59. The molecule has 290 valence electrons. The third-order valence-corrected chi connectivity index (χ3v) is 13.1. The number of fused-ring (bicyclic) bond motifs is 2. The standard InChI is InChI=1S/C40H39F3N8O5/c1-39-16-26(40(39,42)43)33-30(17-39)46-47-34(33)29-13-21-12-27(41)25(15-28(21)44-29)36(54)49-10-8-48(9-11-49)18-20-6-7-50(19-20)22-2-3-23-24(14-22)38(56)51(37(23)55)31-4-5-32(52)45-35(31)53/h2-3,12-15,20,26,31,44H,4-11,16-19H2,1H3,(H,46,47)(H,45,52,53)/t20-,26?,31?,39+/m1/s1. The molecule has 13 nitrogen and oxygen atoms in total. The fourth-order valence-corrected chi connectivity index (χ4v) is 9.96. The van der Waals surface area contributed by atoms with E-state index in [1.165, 1.54) is 12.1 Å². The molecule has 4 atom stereocenters. The van der Waals surface area contributed by atoms with Gasteiger partial charge in [-0.3, -0.25) is 44.2 Å². The Morgan fingerprint density at radius 2 is 1.75 bits per heavy atom. The van der Waals surface area contributed by atoms with Crippen molar-refractivity contribution < 1.29 is 37.1 Å². The average Bonchev–Trinajstić information content (AvgIpc) is 3.96. The van der Waals surface area contributed by atoms with E-state index in [2.05, 4.69) is 30.3 Å². The molecule has 3 N–H and O–H groups in total. The second kappa shape index (κ2) is 12.2. The van der Waals surface area contributed by atoms with Crippen molar-refractivity contribution >= 4 is 46.1 Å². The number of piperidine rings is 1. The maximum atomic E-state index is 15.5. The van der Waals surface area contributed by atoms with Gasteiger partial charge in [0.1, 0.15) is 17.6 Å². The molecule has 56 heavy (non-hydrogen) atoms. The number of carbonyl (C=O) groups is 5. The van der Waals surface area contributed by atoms with E-state index in [9.17, 15) is 24.0 Å². The maximum Gasteiger partial charge on any atom is 0.262 e. The molecule has 2 unspecified atom stereocenters. The number of benzene rings is 2. The first-order chi connectivity index (χ1) is 26.8. The second-order valence-corrected chi connectivity index (χ2v) is 16.6. The van der Waals surface area contributed by atoms with Crippen molar-refractivity contribution in [2.24, 2.45) is 11.3 Å². The number of rotatable bonds is 6. The number of nitrogens with one attached hydrogen (secondary N) is 3. The molecule has 4 fully saturated rings. The quantitative estimate of drug-likeness (QED) is 0.248. The van der Waals surface area contributed by atoms with Crippen LogP contribution in [0.25, 0.3) is 22.3 Å². The Morgan fingerprint density at radius 3 is 2.52 bits per heavy atom. The molecule has 11 rings (SSSR count). The lowest BCUT2D eigenvalue weighted by Gasteiger charge is -2.56. The Hall–Kier alpha value is -5.51. The van der Waals surface area contributed by atoms with Gasteiger partial charge in [-0.25, -0.2) is 13.2 Å². The number of nitrogens with zero attached hydrogens (tertiary/aromatic N) is 5. The van der Waals surface area contributed by atoms with Gasteiger partial charge in [0.25, 0.3) is 23.6 Å². The van der Waals surface area contributed by atoms with Crippen molar-refractivity contribution in [3.63, 3.8) is 0 Å². The minimum atomic E-state index is -2.82. The normalized spacial score (nSPS) is 27.1. The van der Waals surface area contributed by atoms with E-state index in [1.54, 1.807) is 30.0 Å². The van der Waals surface area contributed by atoms with Gasteiger partial charge in [-0.1, -0.05) is 6.92 Å². The van der Waals surface area contributed by atoms with E-state index < -0.39 is 58.7 Å². The van der Waals surface area contributed by atoms with E-state index in [0.29, 0.717) is 72.1 Å². The summed E-state index contributed by atoms with van der Waals surface area (Å²) in [6.07, 6.45) is 1.68. The van der Waals surface area contributed by atoms with Gasteiger partial charge in [0, 0.05) is 91.9 Å². The summed E-state index contributed by atoms with van der Waals surface area (Å²) in [5.41, 5.74) is 2.87. The van der Waals surface area contributed by atoms with Crippen LogP contribution in [0.3, 0.4) is 0 Å². The van der Waals surface area contributed by atoms with Crippen LogP contribution in [0.15, 0.2) is 36.4 Å². The van der Waals surface area contributed by atoms with E-state index in [-0.39, 0.29) is 36.0 Å². The van der Waals surface area contributed by atoms with Gasteiger partial charge in [-0.2, -0.15) is 5.10 Å². The highest BCUT2D eigenvalue weighted by Crippen LogP contribution is 2.68. The van der Waals surface area contributed by atoms with E-state index in [0.717, 1.165) is 36.6 Å². The number of piperazine rings is 1. The molecule has 3 saturated heterocycles.